The average molecular weight is 219 g/mol. The summed E-state index contributed by atoms with van der Waals surface area (Å²) in [5.74, 6) is 0.598. The van der Waals surface area contributed by atoms with E-state index < -0.39 is 0 Å². The largest absolute Gasteiger partial charge is 0.378 e. The summed E-state index contributed by atoms with van der Waals surface area (Å²) in [5.41, 5.74) is 4.28. The fourth-order valence-corrected chi connectivity index (χ4v) is 2.41. The van der Waals surface area contributed by atoms with Gasteiger partial charge in [0.1, 0.15) is 0 Å². The first-order valence-electron chi connectivity index (χ1n) is 6.12. The van der Waals surface area contributed by atoms with Crippen molar-refractivity contribution < 1.29 is 4.74 Å². The lowest BCUT2D eigenvalue weighted by atomic mass is 9.96. The van der Waals surface area contributed by atoms with Crippen molar-refractivity contribution in [3.8, 4) is 0 Å². The smallest absolute Gasteiger partial charge is 0.0642 e. The number of anilines is 1. The monoisotopic (exact) mass is 219 g/mol. The van der Waals surface area contributed by atoms with Crippen molar-refractivity contribution in [1.29, 1.82) is 0 Å². The Balaban J connectivity index is 2.29. The minimum atomic E-state index is 0.598. The van der Waals surface area contributed by atoms with Gasteiger partial charge in [-0.05, 0) is 30.0 Å². The Labute approximate surface area is 98.2 Å². The molecule has 0 bridgehead atoms. The summed E-state index contributed by atoms with van der Waals surface area (Å²) in [6, 6.07) is 6.64. The van der Waals surface area contributed by atoms with Gasteiger partial charge in [-0.2, -0.15) is 0 Å². The molecule has 2 nitrogen and oxygen atoms in total. The van der Waals surface area contributed by atoms with E-state index in [4.69, 9.17) is 4.74 Å². The fourth-order valence-electron chi connectivity index (χ4n) is 2.41. The molecule has 0 atom stereocenters. The van der Waals surface area contributed by atoms with Crippen LogP contribution in [0.5, 0.6) is 0 Å². The summed E-state index contributed by atoms with van der Waals surface area (Å²) in [7, 11) is 0. The zero-order chi connectivity index (χ0) is 11.5. The van der Waals surface area contributed by atoms with Crippen LogP contribution in [0, 0.1) is 6.92 Å². The second-order valence-electron chi connectivity index (χ2n) is 4.75. The molecule has 0 amide bonds. The van der Waals surface area contributed by atoms with E-state index in [-0.39, 0.29) is 0 Å². The zero-order valence-electron chi connectivity index (χ0n) is 10.5. The van der Waals surface area contributed by atoms with Gasteiger partial charge in [-0.15, -0.1) is 0 Å². The van der Waals surface area contributed by atoms with Gasteiger partial charge < -0.3 is 9.64 Å². The second-order valence-corrected chi connectivity index (χ2v) is 4.75. The number of benzene rings is 1. The molecule has 1 aromatic rings. The molecule has 0 saturated carbocycles. The van der Waals surface area contributed by atoms with Crippen LogP contribution in [0.1, 0.15) is 30.9 Å². The van der Waals surface area contributed by atoms with Gasteiger partial charge in [0.25, 0.3) is 0 Å². The van der Waals surface area contributed by atoms with E-state index >= 15 is 0 Å². The van der Waals surface area contributed by atoms with Crippen LogP contribution in [-0.2, 0) is 4.74 Å². The number of hydrogen-bond acceptors (Lipinski definition) is 2. The molecule has 1 fully saturated rings. The van der Waals surface area contributed by atoms with Crippen molar-refractivity contribution >= 4 is 5.69 Å². The Bertz CT molecular complexity index is 354. The maximum atomic E-state index is 5.40. The normalized spacial score (nSPS) is 16.9. The predicted molar refractivity (Wildman–Crippen MR) is 68.3 cm³/mol. The minimum Gasteiger partial charge on any atom is -0.378 e. The minimum absolute atomic E-state index is 0.598. The number of rotatable bonds is 2. The molecule has 1 aliphatic heterocycles. The van der Waals surface area contributed by atoms with E-state index in [9.17, 15) is 0 Å². The summed E-state index contributed by atoms with van der Waals surface area (Å²) < 4.78 is 5.40. The van der Waals surface area contributed by atoms with Gasteiger partial charge in [0.2, 0.25) is 0 Å². The van der Waals surface area contributed by atoms with Crippen LogP contribution in [0.2, 0.25) is 0 Å². The van der Waals surface area contributed by atoms with Gasteiger partial charge in [0.05, 0.1) is 13.2 Å². The molecular formula is C14H21NO. The zero-order valence-corrected chi connectivity index (χ0v) is 10.5. The molecule has 1 aliphatic rings. The van der Waals surface area contributed by atoms with Gasteiger partial charge in [-0.3, -0.25) is 0 Å². The lowest BCUT2D eigenvalue weighted by molar-refractivity contribution is 0.122. The highest BCUT2D eigenvalue weighted by atomic mass is 16.5. The first-order chi connectivity index (χ1) is 7.70. The number of hydrogen-bond donors (Lipinski definition) is 0. The second kappa shape index (κ2) is 4.88. The van der Waals surface area contributed by atoms with E-state index in [1.807, 2.05) is 0 Å². The highest BCUT2D eigenvalue weighted by molar-refractivity contribution is 5.57. The van der Waals surface area contributed by atoms with Gasteiger partial charge in [0.15, 0.2) is 0 Å². The first kappa shape index (κ1) is 11.5. The van der Waals surface area contributed by atoms with Gasteiger partial charge in [0, 0.05) is 18.8 Å². The lowest BCUT2D eigenvalue weighted by Gasteiger charge is -2.31. The standard InChI is InChI=1S/C14H21NO/c1-11(2)13-5-4-6-14(12(13)3)15-7-9-16-10-8-15/h4-6,11H,7-10H2,1-3H3. The van der Waals surface area contributed by atoms with Crippen LogP contribution in [0.3, 0.4) is 0 Å². The SMILES string of the molecule is Cc1c(C(C)C)cccc1N1CCOCC1. The lowest BCUT2D eigenvalue weighted by Crippen LogP contribution is -2.36. The molecule has 2 rings (SSSR count). The van der Waals surface area contributed by atoms with E-state index in [0.29, 0.717) is 5.92 Å². The van der Waals surface area contributed by atoms with Crippen LogP contribution in [0.15, 0.2) is 18.2 Å². The molecule has 0 N–H and O–H groups in total. The van der Waals surface area contributed by atoms with Crippen molar-refractivity contribution in [3.05, 3.63) is 29.3 Å². The summed E-state index contributed by atoms with van der Waals surface area (Å²) in [4.78, 5) is 2.44. The Kier molecular flexibility index (Phi) is 3.49. The number of nitrogens with zero attached hydrogens (tertiary/aromatic N) is 1. The summed E-state index contributed by atoms with van der Waals surface area (Å²) in [6.45, 7) is 10.5. The number of morpholine rings is 1. The van der Waals surface area contributed by atoms with Crippen molar-refractivity contribution in [1.82, 2.24) is 0 Å². The topological polar surface area (TPSA) is 12.5 Å². The molecule has 0 aliphatic carbocycles. The predicted octanol–water partition coefficient (Wildman–Crippen LogP) is 2.96. The quantitative estimate of drug-likeness (QED) is 0.758. The Hall–Kier alpha value is -1.02. The molecule has 2 heteroatoms. The molecule has 1 saturated heterocycles. The third-order valence-corrected chi connectivity index (χ3v) is 3.32. The van der Waals surface area contributed by atoms with Crippen LogP contribution < -0.4 is 4.90 Å². The Morgan fingerprint density at radius 2 is 1.88 bits per heavy atom. The highest BCUT2D eigenvalue weighted by Gasteiger charge is 2.15. The molecule has 1 aromatic carbocycles. The molecule has 1 heterocycles. The molecular weight excluding hydrogens is 198 g/mol. The maximum Gasteiger partial charge on any atom is 0.0642 e. The van der Waals surface area contributed by atoms with Gasteiger partial charge in [-0.1, -0.05) is 26.0 Å². The van der Waals surface area contributed by atoms with Gasteiger partial charge in [-0.25, -0.2) is 0 Å². The molecule has 16 heavy (non-hydrogen) atoms. The summed E-state index contributed by atoms with van der Waals surface area (Å²) in [5, 5.41) is 0. The van der Waals surface area contributed by atoms with Crippen LogP contribution >= 0.6 is 0 Å². The highest BCUT2D eigenvalue weighted by Crippen LogP contribution is 2.28. The molecule has 0 spiro atoms. The van der Waals surface area contributed by atoms with E-state index in [1.54, 1.807) is 0 Å². The third kappa shape index (κ3) is 2.22. The Morgan fingerprint density at radius 1 is 1.19 bits per heavy atom. The number of ether oxygens (including phenoxy) is 1. The Morgan fingerprint density at radius 3 is 2.50 bits per heavy atom. The maximum absolute atomic E-state index is 5.40. The van der Waals surface area contributed by atoms with Crippen molar-refractivity contribution in [2.24, 2.45) is 0 Å². The average Bonchev–Trinajstić information content (AvgIpc) is 2.30. The summed E-state index contributed by atoms with van der Waals surface area (Å²) >= 11 is 0. The van der Waals surface area contributed by atoms with Gasteiger partial charge >= 0.3 is 0 Å². The molecule has 0 unspecified atom stereocenters. The van der Waals surface area contributed by atoms with E-state index in [2.05, 4.69) is 43.9 Å². The molecule has 88 valence electrons. The van der Waals surface area contributed by atoms with Crippen molar-refractivity contribution in [2.45, 2.75) is 26.7 Å². The fraction of sp³-hybridized carbons (Fsp3) is 0.571. The van der Waals surface area contributed by atoms with Crippen LogP contribution in [0.25, 0.3) is 0 Å². The third-order valence-electron chi connectivity index (χ3n) is 3.32. The molecule has 0 aromatic heterocycles. The first-order valence-corrected chi connectivity index (χ1v) is 6.12. The molecule has 0 radical (unpaired) electrons. The van der Waals surface area contributed by atoms with Crippen LogP contribution in [0.4, 0.5) is 5.69 Å². The van der Waals surface area contributed by atoms with Crippen molar-refractivity contribution in [2.75, 3.05) is 31.2 Å². The van der Waals surface area contributed by atoms with Crippen molar-refractivity contribution in [3.63, 3.8) is 0 Å². The van der Waals surface area contributed by atoms with E-state index in [0.717, 1.165) is 26.3 Å². The van der Waals surface area contributed by atoms with E-state index in [1.165, 1.54) is 16.8 Å². The van der Waals surface area contributed by atoms with Crippen LogP contribution in [-0.4, -0.2) is 26.3 Å². The summed E-state index contributed by atoms with van der Waals surface area (Å²) in [6.07, 6.45) is 0.